The number of allylic oxidation sites excluding steroid dienone is 2. The normalized spacial score (nSPS) is 19.6. The summed E-state index contributed by atoms with van der Waals surface area (Å²) in [5, 5.41) is 16.9. The molecule has 4 unspecified atom stereocenters. The quantitative estimate of drug-likeness (QED) is 0.0695. The molecule has 0 aromatic rings. The minimum absolute atomic E-state index is 0.0157. The van der Waals surface area contributed by atoms with Crippen molar-refractivity contribution < 1.29 is 19.5 Å². The number of likely N-dealkylation sites (tertiary alicyclic amines) is 1. The molecule has 3 amide bonds. The van der Waals surface area contributed by atoms with Crippen molar-refractivity contribution in [3.63, 3.8) is 0 Å². The van der Waals surface area contributed by atoms with E-state index in [9.17, 15) is 19.5 Å². The monoisotopic (exact) mass is 874 g/mol. The van der Waals surface area contributed by atoms with Gasteiger partial charge in [-0.2, -0.15) is 11.8 Å². The molecule has 0 spiro atoms. The lowest BCUT2D eigenvalue weighted by atomic mass is 9.68. The summed E-state index contributed by atoms with van der Waals surface area (Å²) in [5.74, 6) is 5.19. The number of nitrogens with zero attached hydrogens (tertiary/aromatic N) is 3. The summed E-state index contributed by atoms with van der Waals surface area (Å²) in [6.45, 7) is 35.8. The number of carbonyl (C=O) groups is 3. The minimum Gasteiger partial charge on any atom is -0.386 e. The van der Waals surface area contributed by atoms with E-state index in [0.29, 0.717) is 30.4 Å². The molecule has 1 saturated heterocycles. The van der Waals surface area contributed by atoms with Crippen LogP contribution in [0.15, 0.2) is 37.0 Å². The number of aliphatic hydroxyl groups is 1. The molecule has 2 aliphatic rings. The van der Waals surface area contributed by atoms with Gasteiger partial charge in [-0.15, -0.1) is 6.42 Å². The van der Waals surface area contributed by atoms with Crippen LogP contribution in [0.3, 0.4) is 0 Å². The number of amides is 3. The average molecular weight is 874 g/mol. The predicted molar refractivity (Wildman–Crippen MR) is 265 cm³/mol. The van der Waals surface area contributed by atoms with E-state index in [1.165, 1.54) is 6.42 Å². The largest absolute Gasteiger partial charge is 0.386 e. The second-order valence-corrected chi connectivity index (χ2v) is 18.5. The Hall–Kier alpha value is -2.58. The van der Waals surface area contributed by atoms with Gasteiger partial charge < -0.3 is 25.5 Å². The third-order valence-corrected chi connectivity index (χ3v) is 13.5. The van der Waals surface area contributed by atoms with E-state index in [1.54, 1.807) is 25.2 Å². The van der Waals surface area contributed by atoms with Crippen LogP contribution >= 0.6 is 11.8 Å². The van der Waals surface area contributed by atoms with Gasteiger partial charge in [-0.1, -0.05) is 146 Å². The van der Waals surface area contributed by atoms with E-state index in [-0.39, 0.29) is 71.5 Å². The van der Waals surface area contributed by atoms with Crippen LogP contribution < -0.4 is 10.6 Å². The highest BCUT2D eigenvalue weighted by molar-refractivity contribution is 7.98. The van der Waals surface area contributed by atoms with Crippen molar-refractivity contribution in [1.29, 1.82) is 0 Å². The fraction of sp³-hybridized carbons (Fsp3) is 0.784. The maximum atomic E-state index is 14.2. The molecule has 2 fully saturated rings. The molecule has 10 atom stereocenters. The summed E-state index contributed by atoms with van der Waals surface area (Å²) in [6, 6.07) is -0.520. The Balaban J connectivity index is 0. The van der Waals surface area contributed by atoms with Gasteiger partial charge in [0.05, 0.1) is 24.2 Å². The topological polar surface area (TPSA) is 105 Å². The second-order valence-electron chi connectivity index (χ2n) is 17.5. The minimum atomic E-state index is -0.896. The molecule has 1 heterocycles. The summed E-state index contributed by atoms with van der Waals surface area (Å²) in [6.07, 6.45) is 18.0. The van der Waals surface area contributed by atoms with Crippen LogP contribution in [-0.2, 0) is 14.4 Å². The van der Waals surface area contributed by atoms with Gasteiger partial charge in [-0.3, -0.25) is 19.3 Å². The first-order chi connectivity index (χ1) is 28.9. The van der Waals surface area contributed by atoms with Crippen LogP contribution in [0.4, 0.5) is 0 Å². The number of thioether (sulfide) groups is 1. The lowest BCUT2D eigenvalue weighted by Crippen LogP contribution is -2.56. The van der Waals surface area contributed by atoms with Crippen LogP contribution in [0.2, 0.25) is 0 Å². The number of hydrogen-bond acceptors (Lipinski definition) is 7. The van der Waals surface area contributed by atoms with Crippen LogP contribution in [0.1, 0.15) is 135 Å². The van der Waals surface area contributed by atoms with Crippen molar-refractivity contribution >= 4 is 29.5 Å². The van der Waals surface area contributed by atoms with E-state index in [2.05, 4.69) is 96.4 Å². The van der Waals surface area contributed by atoms with E-state index >= 15 is 0 Å². The van der Waals surface area contributed by atoms with Crippen LogP contribution in [0.25, 0.3) is 0 Å². The standard InChI is InChI=1S/C37H64N4O4.C10H19NS.2C2H6/c1-12-17-28(14-3)35(43)27(9)39-36(44)26(8)25(7)31-20-16-21-41(31)32(42)22-30(29-18-15-19-29)34(24(6)13-2)40(11)37(45)33(38-10)23(4)5;1-6-10(9(2)3)11(4)7-8-12-5;2*1-2/h12,14,17,23-27,29-31,33-35,38,43H,1,3,13,15-16,18-22H2,2,4-11H3,(H,39,44);1,9-10H,7-8H2,2-5H3;2*1-2H3/b28-17+;;;/t24-,25+,26+,27?,30?,31-,33?,34-,35+;;;/m0.../s1. The number of terminal acetylenes is 1. The molecule has 3 N–H and O–H groups in total. The van der Waals surface area contributed by atoms with Crippen molar-refractivity contribution in [3.8, 4) is 12.3 Å². The Morgan fingerprint density at radius 3 is 1.98 bits per heavy atom. The fourth-order valence-corrected chi connectivity index (χ4v) is 9.24. The molecule has 2 rings (SSSR count). The second kappa shape index (κ2) is 33.0. The van der Waals surface area contributed by atoms with E-state index in [4.69, 9.17) is 6.42 Å². The fourth-order valence-electron chi connectivity index (χ4n) is 8.76. The average Bonchev–Trinajstić information content (AvgIpc) is 3.72. The first-order valence-electron chi connectivity index (χ1n) is 23.7. The molecule has 9 nitrogen and oxygen atoms in total. The Kier molecular flexibility index (Phi) is 32.7. The molecular formula is C51H95N5O4S. The summed E-state index contributed by atoms with van der Waals surface area (Å²) in [7, 11) is 5.88. The first kappa shape index (κ1) is 60.5. The predicted octanol–water partition coefficient (Wildman–Crippen LogP) is 9.33. The molecular weight excluding hydrogens is 779 g/mol. The Morgan fingerprint density at radius 2 is 1.56 bits per heavy atom. The summed E-state index contributed by atoms with van der Waals surface area (Å²) in [4.78, 5) is 47.5. The van der Waals surface area contributed by atoms with Gasteiger partial charge in [0.2, 0.25) is 17.7 Å². The molecule has 61 heavy (non-hydrogen) atoms. The lowest BCUT2D eigenvalue weighted by molar-refractivity contribution is -0.143. The molecule has 1 aliphatic heterocycles. The third-order valence-electron chi connectivity index (χ3n) is 13.0. The zero-order valence-corrected chi connectivity index (χ0v) is 43.0. The molecule has 0 aromatic heterocycles. The summed E-state index contributed by atoms with van der Waals surface area (Å²) in [5.41, 5.74) is 0.598. The van der Waals surface area contributed by atoms with E-state index in [0.717, 1.165) is 44.4 Å². The highest BCUT2D eigenvalue weighted by Crippen LogP contribution is 2.42. The number of nitrogens with one attached hydrogen (secondary N) is 2. The number of carbonyl (C=O) groups excluding carboxylic acids is 3. The van der Waals surface area contributed by atoms with E-state index in [1.807, 2.05) is 70.3 Å². The number of rotatable bonds is 23. The van der Waals surface area contributed by atoms with Crippen molar-refractivity contribution in [2.75, 3.05) is 46.2 Å². The smallest absolute Gasteiger partial charge is 0.239 e. The van der Waals surface area contributed by atoms with Crippen molar-refractivity contribution in [2.24, 2.45) is 41.4 Å². The van der Waals surface area contributed by atoms with Gasteiger partial charge in [0.25, 0.3) is 0 Å². The molecule has 0 bridgehead atoms. The van der Waals surface area contributed by atoms with Gasteiger partial charge >= 0.3 is 0 Å². The maximum Gasteiger partial charge on any atom is 0.239 e. The number of aliphatic hydroxyl groups excluding tert-OH is 1. The van der Waals surface area contributed by atoms with Gasteiger partial charge in [0.1, 0.15) is 0 Å². The highest BCUT2D eigenvalue weighted by atomic mass is 32.2. The van der Waals surface area contributed by atoms with Gasteiger partial charge in [0.15, 0.2) is 0 Å². The number of likely N-dealkylation sites (N-methyl/N-ethyl adjacent to an activating group) is 2. The Labute approximate surface area is 381 Å². The highest BCUT2D eigenvalue weighted by Gasteiger charge is 2.44. The van der Waals surface area contributed by atoms with Crippen LogP contribution in [-0.4, -0.2) is 120 Å². The molecule has 10 heteroatoms. The van der Waals surface area contributed by atoms with Crippen molar-refractivity contribution in [2.45, 2.75) is 171 Å². The van der Waals surface area contributed by atoms with Gasteiger partial charge in [-0.05, 0) is 81.2 Å². The van der Waals surface area contributed by atoms with Crippen molar-refractivity contribution in [3.05, 3.63) is 37.0 Å². The molecule has 354 valence electrons. The molecule has 1 aliphatic carbocycles. The summed E-state index contributed by atoms with van der Waals surface area (Å²) >= 11 is 1.86. The van der Waals surface area contributed by atoms with Gasteiger partial charge in [0, 0.05) is 50.3 Å². The molecule has 0 aromatic carbocycles. The summed E-state index contributed by atoms with van der Waals surface area (Å²) < 4.78 is 0. The SMILES string of the molecule is C#CC(C(C)C)N(C)CCSC.C=C/C=C(\C=C)[C@H](O)C(C)NC(=O)[C@H](C)[C@@H](C)[C@@H]1CCCN1C(=O)CC(C1CCC1)[C@H]([C@@H](C)CC)N(C)C(=O)C(NC)C(C)C.CC.CC. The van der Waals surface area contributed by atoms with Gasteiger partial charge in [-0.25, -0.2) is 0 Å². The Bertz CT molecular complexity index is 1330. The van der Waals surface area contributed by atoms with Crippen LogP contribution in [0, 0.1) is 53.8 Å². The third kappa shape index (κ3) is 19.0. The number of hydrogen-bond donors (Lipinski definition) is 3. The van der Waals surface area contributed by atoms with Crippen molar-refractivity contribution in [1.82, 2.24) is 25.3 Å². The maximum absolute atomic E-state index is 14.2. The van der Waals surface area contributed by atoms with Crippen LogP contribution in [0.5, 0.6) is 0 Å². The lowest BCUT2D eigenvalue weighted by Gasteiger charge is -2.46. The molecule has 0 radical (unpaired) electrons. The Morgan fingerprint density at radius 1 is 0.967 bits per heavy atom. The zero-order valence-electron chi connectivity index (χ0n) is 42.2. The van der Waals surface area contributed by atoms with E-state index < -0.39 is 12.1 Å². The zero-order chi connectivity index (χ0) is 47.6. The first-order valence-corrected chi connectivity index (χ1v) is 25.1. The molecule has 1 saturated carbocycles.